The van der Waals surface area contributed by atoms with Crippen LogP contribution in [0.5, 0.6) is 0 Å². The van der Waals surface area contributed by atoms with Gasteiger partial charge in [0, 0.05) is 0 Å². The van der Waals surface area contributed by atoms with Crippen LogP contribution in [0.4, 0.5) is 4.79 Å². The van der Waals surface area contributed by atoms with Crippen LogP contribution in [0.2, 0.25) is 0 Å². The smallest absolute Gasteiger partial charge is 0.417 e. The molecule has 1 aromatic rings. The molecule has 0 fully saturated rings. The van der Waals surface area contributed by atoms with Crippen molar-refractivity contribution in [1.29, 1.82) is 0 Å². The standard InChI is InChI=1S/C8H9NO2S/c10-8(11)9(12)6-7-4-2-1-3-5-7/h1-5,12H,6H2,(H,10,11). The second-order valence-corrected chi connectivity index (χ2v) is 2.81. The Balaban J connectivity index is 2.58. The van der Waals surface area contributed by atoms with Gasteiger partial charge in [0.15, 0.2) is 0 Å². The summed E-state index contributed by atoms with van der Waals surface area (Å²) in [6.45, 7) is 0.305. The number of benzene rings is 1. The Hall–Kier alpha value is -1.16. The molecule has 3 nitrogen and oxygen atoms in total. The van der Waals surface area contributed by atoms with Gasteiger partial charge in [-0.05, 0) is 5.56 Å². The minimum Gasteiger partial charge on any atom is -0.464 e. The van der Waals surface area contributed by atoms with E-state index in [9.17, 15) is 4.79 Å². The Labute approximate surface area is 76.2 Å². The predicted molar refractivity (Wildman–Crippen MR) is 49.0 cm³/mol. The lowest BCUT2D eigenvalue weighted by molar-refractivity contribution is 0.174. The molecule has 0 radical (unpaired) electrons. The van der Waals surface area contributed by atoms with Gasteiger partial charge in [-0.1, -0.05) is 43.1 Å². The SMILES string of the molecule is O=C(O)N(S)Cc1ccccc1. The molecular formula is C8H9NO2S. The number of hydrogen-bond acceptors (Lipinski definition) is 2. The second-order valence-electron chi connectivity index (χ2n) is 2.33. The largest absolute Gasteiger partial charge is 0.464 e. The fourth-order valence-electron chi connectivity index (χ4n) is 0.824. The number of nitrogens with zero attached hydrogens (tertiary/aromatic N) is 1. The maximum atomic E-state index is 10.4. The van der Waals surface area contributed by atoms with E-state index >= 15 is 0 Å². The van der Waals surface area contributed by atoms with Gasteiger partial charge in [0.05, 0.1) is 6.54 Å². The normalized spacial score (nSPS) is 9.42. The summed E-state index contributed by atoms with van der Waals surface area (Å²) in [6, 6.07) is 9.31. The Morgan fingerprint density at radius 2 is 2.00 bits per heavy atom. The summed E-state index contributed by atoms with van der Waals surface area (Å²) in [5.41, 5.74) is 0.926. The van der Waals surface area contributed by atoms with Crippen LogP contribution in [0.3, 0.4) is 0 Å². The molecule has 4 heteroatoms. The van der Waals surface area contributed by atoms with Crippen LogP contribution < -0.4 is 0 Å². The average Bonchev–Trinajstić information content (AvgIpc) is 2.06. The van der Waals surface area contributed by atoms with Gasteiger partial charge in [-0.2, -0.15) is 0 Å². The van der Waals surface area contributed by atoms with E-state index in [1.54, 1.807) is 0 Å². The molecule has 1 amide bonds. The first-order chi connectivity index (χ1) is 5.70. The fourth-order valence-corrected chi connectivity index (χ4v) is 0.987. The zero-order valence-corrected chi connectivity index (χ0v) is 7.24. The highest BCUT2D eigenvalue weighted by Gasteiger charge is 2.05. The van der Waals surface area contributed by atoms with E-state index in [-0.39, 0.29) is 0 Å². The molecule has 0 bridgehead atoms. The first-order valence-electron chi connectivity index (χ1n) is 3.43. The number of hydrogen-bond donors (Lipinski definition) is 2. The third kappa shape index (κ3) is 2.47. The number of carboxylic acid groups (broad SMARTS) is 1. The average molecular weight is 183 g/mol. The zero-order valence-electron chi connectivity index (χ0n) is 6.34. The predicted octanol–water partition coefficient (Wildman–Crippen LogP) is 2.01. The minimum atomic E-state index is -1.04. The molecule has 0 saturated heterocycles. The highest BCUT2D eigenvalue weighted by atomic mass is 32.1. The van der Waals surface area contributed by atoms with Crippen molar-refractivity contribution in [3.63, 3.8) is 0 Å². The van der Waals surface area contributed by atoms with E-state index in [2.05, 4.69) is 12.8 Å². The van der Waals surface area contributed by atoms with Crippen LogP contribution in [0, 0.1) is 0 Å². The van der Waals surface area contributed by atoms with Crippen molar-refractivity contribution in [3.8, 4) is 0 Å². The van der Waals surface area contributed by atoms with Gasteiger partial charge in [-0.3, -0.25) is 4.31 Å². The molecule has 0 aliphatic carbocycles. The van der Waals surface area contributed by atoms with Gasteiger partial charge in [0.2, 0.25) is 0 Å². The minimum absolute atomic E-state index is 0.305. The molecule has 0 unspecified atom stereocenters. The van der Waals surface area contributed by atoms with Crippen molar-refractivity contribution >= 4 is 18.9 Å². The molecule has 0 aliphatic rings. The summed E-state index contributed by atoms with van der Waals surface area (Å²) < 4.78 is 0.940. The van der Waals surface area contributed by atoms with E-state index < -0.39 is 6.09 Å². The van der Waals surface area contributed by atoms with Gasteiger partial charge < -0.3 is 5.11 Å². The van der Waals surface area contributed by atoms with Crippen molar-refractivity contribution in [2.45, 2.75) is 6.54 Å². The van der Waals surface area contributed by atoms with Crippen LogP contribution in [-0.4, -0.2) is 15.5 Å². The van der Waals surface area contributed by atoms with E-state index in [0.717, 1.165) is 9.87 Å². The number of carbonyl (C=O) groups is 1. The summed E-state index contributed by atoms with van der Waals surface area (Å²) in [5, 5.41) is 8.49. The Kier molecular flexibility index (Phi) is 2.99. The van der Waals surface area contributed by atoms with Crippen molar-refractivity contribution < 1.29 is 9.90 Å². The van der Waals surface area contributed by atoms with Gasteiger partial charge in [0.1, 0.15) is 0 Å². The van der Waals surface area contributed by atoms with Crippen LogP contribution in [0.1, 0.15) is 5.56 Å². The number of thiol groups is 1. The van der Waals surface area contributed by atoms with Crippen LogP contribution in [-0.2, 0) is 6.54 Å². The Bertz CT molecular complexity index is 263. The van der Waals surface area contributed by atoms with Crippen molar-refractivity contribution in [2.24, 2.45) is 0 Å². The van der Waals surface area contributed by atoms with Crippen LogP contribution >= 0.6 is 12.8 Å². The van der Waals surface area contributed by atoms with E-state index in [1.165, 1.54) is 0 Å². The van der Waals surface area contributed by atoms with Crippen LogP contribution in [0.15, 0.2) is 30.3 Å². The molecular weight excluding hydrogens is 174 g/mol. The van der Waals surface area contributed by atoms with Crippen molar-refractivity contribution in [2.75, 3.05) is 0 Å². The summed E-state index contributed by atoms with van der Waals surface area (Å²) in [7, 11) is 0. The highest BCUT2D eigenvalue weighted by Crippen LogP contribution is 2.05. The molecule has 0 aliphatic heterocycles. The third-order valence-electron chi connectivity index (χ3n) is 1.40. The summed E-state index contributed by atoms with van der Waals surface area (Å²) >= 11 is 3.77. The summed E-state index contributed by atoms with van der Waals surface area (Å²) in [4.78, 5) is 10.4. The molecule has 64 valence electrons. The van der Waals surface area contributed by atoms with Gasteiger partial charge in [0.25, 0.3) is 0 Å². The number of rotatable bonds is 2. The summed E-state index contributed by atoms with van der Waals surface area (Å²) in [5.74, 6) is 0. The molecule has 0 saturated carbocycles. The second kappa shape index (κ2) is 4.01. The third-order valence-corrected chi connectivity index (χ3v) is 1.71. The first-order valence-corrected chi connectivity index (χ1v) is 3.83. The molecule has 1 rings (SSSR count). The monoisotopic (exact) mass is 183 g/mol. The Morgan fingerprint density at radius 3 is 2.50 bits per heavy atom. The van der Waals surface area contributed by atoms with Gasteiger partial charge >= 0.3 is 6.09 Å². The molecule has 0 atom stereocenters. The fraction of sp³-hybridized carbons (Fsp3) is 0.125. The van der Waals surface area contributed by atoms with E-state index in [0.29, 0.717) is 6.54 Å². The molecule has 1 N–H and O–H groups in total. The lowest BCUT2D eigenvalue weighted by Gasteiger charge is -2.10. The molecule has 1 aromatic carbocycles. The van der Waals surface area contributed by atoms with Crippen molar-refractivity contribution in [1.82, 2.24) is 4.31 Å². The first kappa shape index (κ1) is 8.93. The van der Waals surface area contributed by atoms with Crippen molar-refractivity contribution in [3.05, 3.63) is 35.9 Å². The lowest BCUT2D eigenvalue weighted by atomic mass is 10.2. The zero-order chi connectivity index (χ0) is 8.97. The van der Waals surface area contributed by atoms with Crippen LogP contribution in [0.25, 0.3) is 0 Å². The van der Waals surface area contributed by atoms with E-state index in [1.807, 2.05) is 30.3 Å². The number of amides is 1. The Morgan fingerprint density at radius 1 is 1.42 bits per heavy atom. The molecule has 0 heterocycles. The van der Waals surface area contributed by atoms with E-state index in [4.69, 9.17) is 5.11 Å². The topological polar surface area (TPSA) is 40.5 Å². The molecule has 0 spiro atoms. The quantitative estimate of drug-likeness (QED) is 0.688. The summed E-state index contributed by atoms with van der Waals surface area (Å²) in [6.07, 6.45) is -1.04. The molecule has 0 aromatic heterocycles. The maximum absolute atomic E-state index is 10.4. The highest BCUT2D eigenvalue weighted by molar-refractivity contribution is 7.78. The molecule has 12 heavy (non-hydrogen) atoms. The van der Waals surface area contributed by atoms with Gasteiger partial charge in [-0.15, -0.1) is 0 Å². The van der Waals surface area contributed by atoms with Gasteiger partial charge in [-0.25, -0.2) is 4.79 Å². The lowest BCUT2D eigenvalue weighted by Crippen LogP contribution is -2.18. The maximum Gasteiger partial charge on any atom is 0.417 e.